The van der Waals surface area contributed by atoms with Gasteiger partial charge < -0.3 is 14.2 Å². The minimum Gasteiger partial charge on any atom is -0.467 e. The predicted molar refractivity (Wildman–Crippen MR) is 80.5 cm³/mol. The van der Waals surface area contributed by atoms with E-state index in [1.165, 1.54) is 0 Å². The van der Waals surface area contributed by atoms with E-state index in [0.29, 0.717) is 18.2 Å². The Labute approximate surface area is 128 Å². The molecule has 0 spiro atoms. The van der Waals surface area contributed by atoms with Crippen LogP contribution >= 0.6 is 11.8 Å². The first-order valence-electron chi connectivity index (χ1n) is 7.32. The Bertz CT molecular complexity index is 513. The van der Waals surface area contributed by atoms with Gasteiger partial charge in [-0.2, -0.15) is 0 Å². The number of hydrogen-bond donors (Lipinski definition) is 0. The third-order valence-electron chi connectivity index (χ3n) is 4.25. The van der Waals surface area contributed by atoms with Crippen molar-refractivity contribution >= 4 is 23.6 Å². The third-order valence-corrected chi connectivity index (χ3v) is 5.27. The van der Waals surface area contributed by atoms with Crippen LogP contribution in [0.25, 0.3) is 0 Å². The Morgan fingerprint density at radius 2 is 2.29 bits per heavy atom. The molecule has 2 amide bonds. The van der Waals surface area contributed by atoms with Crippen molar-refractivity contribution in [2.75, 3.05) is 18.7 Å². The van der Waals surface area contributed by atoms with Crippen LogP contribution in [-0.4, -0.2) is 46.3 Å². The fraction of sp³-hybridized carbons (Fsp3) is 0.600. The average molecular weight is 308 g/mol. The first kappa shape index (κ1) is 14.5. The number of rotatable bonds is 4. The van der Waals surface area contributed by atoms with Gasteiger partial charge in [-0.3, -0.25) is 9.59 Å². The van der Waals surface area contributed by atoms with Crippen molar-refractivity contribution in [2.45, 2.75) is 31.8 Å². The minimum absolute atomic E-state index is 0.00377. The fourth-order valence-electron chi connectivity index (χ4n) is 2.72. The molecule has 114 valence electrons. The van der Waals surface area contributed by atoms with Crippen LogP contribution in [0.3, 0.4) is 0 Å². The Hall–Kier alpha value is -1.43. The molecule has 6 heteroatoms. The van der Waals surface area contributed by atoms with Gasteiger partial charge in [0.1, 0.15) is 11.8 Å². The Kier molecular flexibility index (Phi) is 4.24. The van der Waals surface area contributed by atoms with Gasteiger partial charge in [0.15, 0.2) is 0 Å². The summed E-state index contributed by atoms with van der Waals surface area (Å²) >= 11 is 1.66. The van der Waals surface area contributed by atoms with E-state index in [1.807, 2.05) is 12.1 Å². The highest BCUT2D eigenvalue weighted by Gasteiger charge is 2.40. The first-order valence-corrected chi connectivity index (χ1v) is 8.48. The van der Waals surface area contributed by atoms with Gasteiger partial charge in [-0.1, -0.05) is 6.42 Å². The number of amides is 2. The highest BCUT2D eigenvalue weighted by molar-refractivity contribution is 7.99. The number of furan rings is 1. The second-order valence-electron chi connectivity index (χ2n) is 5.73. The van der Waals surface area contributed by atoms with Crippen molar-refractivity contribution < 1.29 is 14.0 Å². The summed E-state index contributed by atoms with van der Waals surface area (Å²) in [4.78, 5) is 28.4. The zero-order valence-corrected chi connectivity index (χ0v) is 13.0. The number of thioether (sulfide) groups is 1. The molecule has 2 aliphatic rings. The van der Waals surface area contributed by atoms with E-state index in [-0.39, 0.29) is 23.8 Å². The largest absolute Gasteiger partial charge is 0.467 e. The summed E-state index contributed by atoms with van der Waals surface area (Å²) in [7, 11) is 1.76. The zero-order chi connectivity index (χ0) is 14.8. The lowest BCUT2D eigenvalue weighted by Crippen LogP contribution is -2.50. The van der Waals surface area contributed by atoms with Gasteiger partial charge in [-0.15, -0.1) is 11.8 Å². The second kappa shape index (κ2) is 6.13. The van der Waals surface area contributed by atoms with Crippen molar-refractivity contribution in [2.24, 2.45) is 5.92 Å². The van der Waals surface area contributed by atoms with E-state index in [9.17, 15) is 9.59 Å². The molecule has 1 aromatic heterocycles. The van der Waals surface area contributed by atoms with Crippen LogP contribution in [-0.2, 0) is 16.1 Å². The van der Waals surface area contributed by atoms with Crippen LogP contribution in [0.4, 0.5) is 0 Å². The molecule has 2 heterocycles. The smallest absolute Gasteiger partial charge is 0.246 e. The molecule has 21 heavy (non-hydrogen) atoms. The lowest BCUT2D eigenvalue weighted by Gasteiger charge is -2.33. The highest BCUT2D eigenvalue weighted by atomic mass is 32.2. The summed E-state index contributed by atoms with van der Waals surface area (Å²) in [6.07, 6.45) is 4.69. The predicted octanol–water partition coefficient (Wildman–Crippen LogP) is 1.94. The maximum absolute atomic E-state index is 12.6. The summed E-state index contributed by atoms with van der Waals surface area (Å²) in [5.74, 6) is 2.41. The van der Waals surface area contributed by atoms with Crippen molar-refractivity contribution in [3.8, 4) is 0 Å². The molecule has 1 saturated heterocycles. The van der Waals surface area contributed by atoms with Crippen LogP contribution in [0.15, 0.2) is 22.8 Å². The molecule has 5 nitrogen and oxygen atoms in total. The maximum atomic E-state index is 12.6. The second-order valence-corrected chi connectivity index (χ2v) is 6.72. The number of carbonyl (C=O) groups excluding carboxylic acids is 2. The van der Waals surface area contributed by atoms with Crippen LogP contribution in [0, 0.1) is 5.92 Å². The monoisotopic (exact) mass is 308 g/mol. The average Bonchev–Trinajstić information content (AvgIpc) is 3.06. The lowest BCUT2D eigenvalue weighted by molar-refractivity contribution is -0.146. The molecule has 0 radical (unpaired) electrons. The van der Waals surface area contributed by atoms with Gasteiger partial charge in [0.25, 0.3) is 0 Å². The molecular weight excluding hydrogens is 288 g/mol. The lowest BCUT2D eigenvalue weighted by atomic mass is 9.84. The molecule has 0 N–H and O–H groups in total. The Morgan fingerprint density at radius 1 is 1.48 bits per heavy atom. The molecule has 1 aromatic rings. The number of carbonyl (C=O) groups is 2. The number of hydrogen-bond acceptors (Lipinski definition) is 4. The van der Waals surface area contributed by atoms with Crippen LogP contribution < -0.4 is 0 Å². The molecule has 1 aliphatic heterocycles. The molecule has 1 saturated carbocycles. The van der Waals surface area contributed by atoms with Gasteiger partial charge in [-0.25, -0.2) is 0 Å². The van der Waals surface area contributed by atoms with E-state index < -0.39 is 0 Å². The van der Waals surface area contributed by atoms with E-state index in [2.05, 4.69) is 0 Å². The summed E-state index contributed by atoms with van der Waals surface area (Å²) in [6, 6.07) is 3.35. The summed E-state index contributed by atoms with van der Waals surface area (Å²) in [5.41, 5.74) is 0. The van der Waals surface area contributed by atoms with Gasteiger partial charge in [-0.05, 0) is 25.0 Å². The molecule has 2 fully saturated rings. The quantitative estimate of drug-likeness (QED) is 0.853. The SMILES string of the molecule is CN(Cc1ccco1)C(=O)[C@@H]1CSCN1C(=O)C1CCC1. The molecule has 0 aromatic carbocycles. The van der Waals surface area contributed by atoms with Gasteiger partial charge in [0, 0.05) is 18.7 Å². The van der Waals surface area contributed by atoms with E-state index >= 15 is 0 Å². The van der Waals surface area contributed by atoms with E-state index in [4.69, 9.17) is 4.42 Å². The first-order chi connectivity index (χ1) is 10.2. The third kappa shape index (κ3) is 2.95. The van der Waals surface area contributed by atoms with Gasteiger partial charge >= 0.3 is 0 Å². The van der Waals surface area contributed by atoms with E-state index in [0.717, 1.165) is 25.0 Å². The molecule has 1 aliphatic carbocycles. The van der Waals surface area contributed by atoms with Crippen LogP contribution in [0.1, 0.15) is 25.0 Å². The molecular formula is C15H20N2O3S. The maximum Gasteiger partial charge on any atom is 0.246 e. The molecule has 3 rings (SSSR count). The number of nitrogens with zero attached hydrogens (tertiary/aromatic N) is 2. The number of likely N-dealkylation sites (N-methyl/N-ethyl adjacent to an activating group) is 1. The highest BCUT2D eigenvalue weighted by Crippen LogP contribution is 2.32. The summed E-state index contributed by atoms with van der Waals surface area (Å²) in [5, 5.41) is 0. The summed E-state index contributed by atoms with van der Waals surface area (Å²) < 4.78 is 5.28. The normalized spacial score (nSPS) is 22.1. The fourth-order valence-corrected chi connectivity index (χ4v) is 3.88. The van der Waals surface area contributed by atoms with Crippen LogP contribution in [0.5, 0.6) is 0 Å². The zero-order valence-electron chi connectivity index (χ0n) is 12.2. The topological polar surface area (TPSA) is 53.8 Å². The summed E-state index contributed by atoms with van der Waals surface area (Å²) in [6.45, 7) is 0.443. The standard InChI is InChI=1S/C15H20N2O3S/c1-16(8-12-6-3-7-20-12)15(19)13-9-21-10-17(13)14(18)11-4-2-5-11/h3,6-7,11,13H,2,4-5,8-10H2,1H3/t13-/m0/s1. The van der Waals surface area contributed by atoms with Crippen LogP contribution in [0.2, 0.25) is 0 Å². The van der Waals surface area contributed by atoms with Gasteiger partial charge in [0.2, 0.25) is 11.8 Å². The van der Waals surface area contributed by atoms with Crippen molar-refractivity contribution in [3.63, 3.8) is 0 Å². The minimum atomic E-state index is -0.317. The van der Waals surface area contributed by atoms with Crippen molar-refractivity contribution in [1.82, 2.24) is 9.80 Å². The molecule has 1 atom stereocenters. The van der Waals surface area contributed by atoms with E-state index in [1.54, 1.807) is 34.9 Å². The molecule has 0 bridgehead atoms. The van der Waals surface area contributed by atoms with Crippen molar-refractivity contribution in [3.05, 3.63) is 24.2 Å². The van der Waals surface area contributed by atoms with Crippen molar-refractivity contribution in [1.29, 1.82) is 0 Å². The molecule has 0 unspecified atom stereocenters. The Balaban J connectivity index is 1.63. The Morgan fingerprint density at radius 3 is 2.90 bits per heavy atom. The van der Waals surface area contributed by atoms with Gasteiger partial charge in [0.05, 0.1) is 18.7 Å².